The van der Waals surface area contributed by atoms with E-state index in [0.29, 0.717) is 11.6 Å². The number of hydrogen-bond donors (Lipinski definition) is 0. The first-order valence-corrected chi connectivity index (χ1v) is 6.57. The van der Waals surface area contributed by atoms with Crippen LogP contribution < -0.4 is 0 Å². The van der Waals surface area contributed by atoms with Gasteiger partial charge < -0.3 is 4.84 Å². The molecule has 2 rings (SSSR count). The second-order valence-electron chi connectivity index (χ2n) is 4.12. The third kappa shape index (κ3) is 4.11. The topological polar surface area (TPSA) is 21.6 Å². The minimum Gasteiger partial charge on any atom is -0.390 e. The van der Waals surface area contributed by atoms with Crippen LogP contribution in [0.4, 0.5) is 0 Å². The lowest BCUT2D eigenvalue weighted by Gasteiger charge is -2.01. The molecule has 0 bridgehead atoms. The summed E-state index contributed by atoms with van der Waals surface area (Å²) >= 11 is 6.01. The molecule has 19 heavy (non-hydrogen) atoms. The third-order valence-electron chi connectivity index (χ3n) is 2.78. The molecule has 0 N–H and O–H groups in total. The Labute approximate surface area is 118 Å². The van der Waals surface area contributed by atoms with E-state index in [1.54, 1.807) is 0 Å². The highest BCUT2D eigenvalue weighted by molar-refractivity contribution is 6.31. The molecule has 0 unspecified atom stereocenters. The third-order valence-corrected chi connectivity index (χ3v) is 3.15. The summed E-state index contributed by atoms with van der Waals surface area (Å²) in [6.45, 7) is 2.47. The van der Waals surface area contributed by atoms with Crippen molar-refractivity contribution in [3.8, 4) is 0 Å². The van der Waals surface area contributed by atoms with Crippen molar-refractivity contribution in [2.24, 2.45) is 5.16 Å². The molecule has 97 valence electrons. The molecule has 0 heterocycles. The van der Waals surface area contributed by atoms with Gasteiger partial charge in [0.05, 0.1) is 0 Å². The van der Waals surface area contributed by atoms with Crippen molar-refractivity contribution in [1.82, 2.24) is 0 Å². The van der Waals surface area contributed by atoms with Crippen molar-refractivity contribution in [2.75, 3.05) is 0 Å². The molecule has 0 aliphatic carbocycles. The van der Waals surface area contributed by atoms with Crippen LogP contribution in [0.15, 0.2) is 53.7 Å². The van der Waals surface area contributed by atoms with Gasteiger partial charge in [-0.25, -0.2) is 0 Å². The van der Waals surface area contributed by atoms with E-state index in [-0.39, 0.29) is 0 Å². The average Bonchev–Trinajstić information content (AvgIpc) is 2.46. The Hall–Kier alpha value is -1.80. The Morgan fingerprint density at radius 3 is 2.53 bits per heavy atom. The maximum Gasteiger partial charge on any atom is 0.143 e. The lowest BCUT2D eigenvalue weighted by atomic mass is 10.1. The van der Waals surface area contributed by atoms with Gasteiger partial charge in [0, 0.05) is 16.1 Å². The SMILES string of the molecule is CCc1ccc(/[C]=N\OCc2ccccc2Cl)cc1. The minimum absolute atomic E-state index is 0.347. The second kappa shape index (κ2) is 6.95. The van der Waals surface area contributed by atoms with Gasteiger partial charge in [-0.2, -0.15) is 0 Å². The number of aryl methyl sites for hydroxylation is 1. The van der Waals surface area contributed by atoms with E-state index in [2.05, 4.69) is 30.4 Å². The number of halogens is 1. The average molecular weight is 273 g/mol. The Bertz CT molecular complexity index is 549. The summed E-state index contributed by atoms with van der Waals surface area (Å²) in [5, 5.41) is 4.51. The fourth-order valence-electron chi connectivity index (χ4n) is 1.62. The number of rotatable bonds is 5. The van der Waals surface area contributed by atoms with Crippen LogP contribution in [-0.4, -0.2) is 6.21 Å². The first kappa shape index (κ1) is 13.6. The summed E-state index contributed by atoms with van der Waals surface area (Å²) in [5.74, 6) is 0. The van der Waals surface area contributed by atoms with Crippen LogP contribution in [0.2, 0.25) is 5.02 Å². The lowest BCUT2D eigenvalue weighted by molar-refractivity contribution is 0.132. The predicted octanol–water partition coefficient (Wildman–Crippen LogP) is 4.33. The largest absolute Gasteiger partial charge is 0.390 e. The lowest BCUT2D eigenvalue weighted by Crippen LogP contribution is -1.89. The summed E-state index contributed by atoms with van der Waals surface area (Å²) in [4.78, 5) is 5.19. The monoisotopic (exact) mass is 272 g/mol. The molecule has 2 aromatic carbocycles. The quantitative estimate of drug-likeness (QED) is 0.586. The van der Waals surface area contributed by atoms with Gasteiger partial charge in [-0.1, -0.05) is 66.1 Å². The number of benzene rings is 2. The van der Waals surface area contributed by atoms with E-state index >= 15 is 0 Å². The molecule has 0 aromatic heterocycles. The Morgan fingerprint density at radius 1 is 1.11 bits per heavy atom. The smallest absolute Gasteiger partial charge is 0.143 e. The molecular weight excluding hydrogens is 258 g/mol. The molecule has 0 amide bonds. The van der Waals surface area contributed by atoms with Crippen molar-refractivity contribution in [2.45, 2.75) is 20.0 Å². The van der Waals surface area contributed by atoms with Crippen LogP contribution >= 0.6 is 11.6 Å². The van der Waals surface area contributed by atoms with Gasteiger partial charge in [0.15, 0.2) is 0 Å². The highest BCUT2D eigenvalue weighted by Gasteiger charge is 1.98. The predicted molar refractivity (Wildman–Crippen MR) is 78.6 cm³/mol. The maximum absolute atomic E-state index is 6.01. The van der Waals surface area contributed by atoms with Crippen molar-refractivity contribution in [3.05, 3.63) is 70.2 Å². The van der Waals surface area contributed by atoms with Gasteiger partial charge in [-0.3, -0.25) is 0 Å². The summed E-state index contributed by atoms with van der Waals surface area (Å²) in [6.07, 6.45) is 3.87. The highest BCUT2D eigenvalue weighted by Crippen LogP contribution is 2.15. The zero-order valence-electron chi connectivity index (χ0n) is 10.8. The number of hydrogen-bond acceptors (Lipinski definition) is 2. The van der Waals surface area contributed by atoms with Crippen molar-refractivity contribution < 1.29 is 4.84 Å². The van der Waals surface area contributed by atoms with Gasteiger partial charge in [-0.15, -0.1) is 0 Å². The molecule has 0 aliphatic heterocycles. The summed E-state index contributed by atoms with van der Waals surface area (Å²) in [7, 11) is 0. The molecule has 3 heteroatoms. The van der Waals surface area contributed by atoms with Gasteiger partial charge in [-0.05, 0) is 18.1 Å². The van der Waals surface area contributed by atoms with Crippen LogP contribution in [0.5, 0.6) is 0 Å². The normalized spacial score (nSPS) is 10.8. The van der Waals surface area contributed by atoms with E-state index in [9.17, 15) is 0 Å². The second-order valence-corrected chi connectivity index (χ2v) is 4.53. The minimum atomic E-state index is 0.347. The zero-order chi connectivity index (χ0) is 13.5. The molecule has 0 fully saturated rings. The summed E-state index contributed by atoms with van der Waals surface area (Å²) in [6, 6.07) is 15.6. The van der Waals surface area contributed by atoms with E-state index in [0.717, 1.165) is 17.5 Å². The van der Waals surface area contributed by atoms with E-state index in [4.69, 9.17) is 16.4 Å². The van der Waals surface area contributed by atoms with Gasteiger partial charge >= 0.3 is 0 Å². The molecule has 0 atom stereocenters. The van der Waals surface area contributed by atoms with Gasteiger partial charge in [0.1, 0.15) is 12.8 Å². The van der Waals surface area contributed by atoms with E-state index < -0.39 is 0 Å². The van der Waals surface area contributed by atoms with E-state index in [1.165, 1.54) is 5.56 Å². The van der Waals surface area contributed by atoms with Crippen molar-refractivity contribution in [1.29, 1.82) is 0 Å². The molecule has 0 spiro atoms. The Kier molecular flexibility index (Phi) is 4.99. The number of nitrogens with zero attached hydrogens (tertiary/aromatic N) is 1. The standard InChI is InChI=1S/C16H15ClNO/c1-2-13-7-9-14(10-8-13)11-18-19-12-15-5-3-4-6-16(15)17/h3-10H,2,12H2,1H3. The molecule has 2 nitrogen and oxygen atoms in total. The van der Waals surface area contributed by atoms with Crippen LogP contribution in [0.25, 0.3) is 0 Å². The van der Waals surface area contributed by atoms with Crippen LogP contribution in [0, 0.1) is 0 Å². The molecule has 1 radical (unpaired) electrons. The molecular formula is C16H15ClNO. The van der Waals surface area contributed by atoms with Crippen molar-refractivity contribution in [3.63, 3.8) is 0 Å². The maximum atomic E-state index is 6.01. The van der Waals surface area contributed by atoms with Crippen molar-refractivity contribution >= 4 is 17.8 Å². The first-order chi connectivity index (χ1) is 9.29. The molecule has 0 saturated carbocycles. The fraction of sp³-hybridized carbons (Fsp3) is 0.188. The van der Waals surface area contributed by atoms with E-state index in [1.807, 2.05) is 36.4 Å². The zero-order valence-corrected chi connectivity index (χ0v) is 11.5. The van der Waals surface area contributed by atoms with Crippen LogP contribution in [-0.2, 0) is 17.9 Å². The molecule has 2 aromatic rings. The summed E-state index contributed by atoms with van der Waals surface area (Å²) in [5.41, 5.74) is 3.11. The Morgan fingerprint density at radius 2 is 1.84 bits per heavy atom. The highest BCUT2D eigenvalue weighted by atomic mass is 35.5. The van der Waals surface area contributed by atoms with Gasteiger partial charge in [0.25, 0.3) is 0 Å². The summed E-state index contributed by atoms with van der Waals surface area (Å²) < 4.78 is 0. The van der Waals surface area contributed by atoms with Gasteiger partial charge in [0.2, 0.25) is 0 Å². The van der Waals surface area contributed by atoms with Crippen LogP contribution in [0.3, 0.4) is 0 Å². The molecule has 0 aliphatic rings. The fourth-order valence-corrected chi connectivity index (χ4v) is 1.81. The molecule has 0 saturated heterocycles. The Balaban J connectivity index is 1.88. The first-order valence-electron chi connectivity index (χ1n) is 6.20. The van der Waals surface area contributed by atoms with Crippen LogP contribution in [0.1, 0.15) is 23.6 Å².